The van der Waals surface area contributed by atoms with Crippen molar-refractivity contribution < 1.29 is 0 Å². The zero-order chi connectivity index (χ0) is 9.36. The monoisotopic (exact) mass is 228 g/mol. The molecule has 0 saturated heterocycles. The van der Waals surface area contributed by atoms with Gasteiger partial charge in [-0.1, -0.05) is 23.7 Å². The highest BCUT2D eigenvalue weighted by Crippen LogP contribution is 1.98. The first-order valence-corrected chi connectivity index (χ1v) is 4.19. The van der Waals surface area contributed by atoms with Crippen LogP contribution < -0.4 is 0 Å². The van der Waals surface area contributed by atoms with Crippen molar-refractivity contribution in [3.8, 4) is 0 Å². The number of nitrogens with zero attached hydrogens (tertiary/aromatic N) is 2. The summed E-state index contributed by atoms with van der Waals surface area (Å²) in [4.78, 5) is 7.53. The van der Waals surface area contributed by atoms with Gasteiger partial charge in [0.25, 0.3) is 0 Å². The van der Waals surface area contributed by atoms with Gasteiger partial charge in [0.05, 0.1) is 0 Å². The Bertz CT molecular complexity index is 287. The first kappa shape index (κ1) is 12.9. The van der Waals surface area contributed by atoms with E-state index in [0.717, 1.165) is 0 Å². The van der Waals surface area contributed by atoms with E-state index in [-0.39, 0.29) is 12.4 Å². The predicted octanol–water partition coefficient (Wildman–Crippen LogP) is 3.24. The van der Waals surface area contributed by atoms with Crippen molar-refractivity contribution in [3.63, 3.8) is 0 Å². The molecule has 0 aliphatic heterocycles. The van der Waals surface area contributed by atoms with Crippen LogP contribution in [-0.2, 0) is 0 Å². The Morgan fingerprint density at radius 3 is 1.71 bits per heavy atom. The van der Waals surface area contributed by atoms with E-state index in [4.69, 9.17) is 11.6 Å². The molecule has 0 aliphatic rings. The first-order valence-electron chi connectivity index (χ1n) is 3.81. The van der Waals surface area contributed by atoms with Crippen molar-refractivity contribution in [2.75, 3.05) is 0 Å². The number of hydrogen-bond acceptors (Lipinski definition) is 2. The van der Waals surface area contributed by atoms with Gasteiger partial charge in [-0.15, -0.1) is 12.4 Å². The Kier molecular flexibility index (Phi) is 7.80. The van der Waals surface area contributed by atoms with Gasteiger partial charge in [0.15, 0.2) is 0 Å². The summed E-state index contributed by atoms with van der Waals surface area (Å²) in [5, 5.41) is 0.544. The van der Waals surface area contributed by atoms with E-state index in [1.165, 1.54) is 0 Å². The Morgan fingerprint density at radius 2 is 1.50 bits per heavy atom. The van der Waals surface area contributed by atoms with Crippen molar-refractivity contribution in [2.45, 2.75) is 0 Å². The largest absolute Gasteiger partial charge is 0.265 e. The van der Waals surface area contributed by atoms with Crippen LogP contribution in [0.2, 0.25) is 5.15 Å². The minimum absolute atomic E-state index is 0. The Morgan fingerprint density at radius 1 is 0.857 bits per heavy atom. The second-order valence-electron chi connectivity index (χ2n) is 2.18. The van der Waals surface area contributed by atoms with E-state index in [9.17, 15) is 0 Å². The van der Waals surface area contributed by atoms with Crippen molar-refractivity contribution in [1.29, 1.82) is 0 Å². The summed E-state index contributed by atoms with van der Waals surface area (Å²) in [7, 11) is 0. The van der Waals surface area contributed by atoms with E-state index < -0.39 is 0 Å². The second-order valence-corrected chi connectivity index (χ2v) is 2.56. The Labute approximate surface area is 94.4 Å². The summed E-state index contributed by atoms with van der Waals surface area (Å²) >= 11 is 5.43. The lowest BCUT2D eigenvalue weighted by Crippen LogP contribution is -1.65. The highest BCUT2D eigenvalue weighted by Gasteiger charge is 1.76. The van der Waals surface area contributed by atoms with Crippen LogP contribution in [0.4, 0.5) is 0 Å². The third-order valence-electron chi connectivity index (χ3n) is 1.20. The lowest BCUT2D eigenvalue weighted by molar-refractivity contribution is 1.33. The summed E-state index contributed by atoms with van der Waals surface area (Å²) in [6.07, 6.45) is 5.16. The van der Waals surface area contributed by atoms with E-state index >= 15 is 0 Å². The van der Waals surface area contributed by atoms with Crippen molar-refractivity contribution in [2.24, 2.45) is 0 Å². The van der Waals surface area contributed by atoms with Gasteiger partial charge in [-0.25, -0.2) is 4.98 Å². The molecule has 0 aliphatic carbocycles. The van der Waals surface area contributed by atoms with E-state index in [1.807, 2.05) is 30.3 Å². The summed E-state index contributed by atoms with van der Waals surface area (Å²) in [6, 6.07) is 11.1. The van der Waals surface area contributed by atoms with Gasteiger partial charge in [0.1, 0.15) is 5.15 Å². The molecule has 0 N–H and O–H groups in total. The van der Waals surface area contributed by atoms with Crippen LogP contribution in [0, 0.1) is 0 Å². The van der Waals surface area contributed by atoms with Crippen LogP contribution in [0.3, 0.4) is 0 Å². The third-order valence-corrected chi connectivity index (χ3v) is 1.42. The fourth-order valence-corrected chi connectivity index (χ4v) is 0.784. The molecule has 2 nitrogen and oxygen atoms in total. The van der Waals surface area contributed by atoms with Crippen LogP contribution in [0.25, 0.3) is 0 Å². The van der Waals surface area contributed by atoms with Gasteiger partial charge < -0.3 is 0 Å². The Hall–Kier alpha value is -1.12. The number of aromatic nitrogens is 2. The molecular formula is C10H10Cl2N2. The maximum absolute atomic E-state index is 5.43. The molecule has 0 amide bonds. The minimum Gasteiger partial charge on any atom is -0.265 e. The summed E-state index contributed by atoms with van der Waals surface area (Å²) < 4.78 is 0. The maximum Gasteiger partial charge on any atom is 0.129 e. The SMILES string of the molecule is Cl.Clc1ccccn1.c1ccncc1. The van der Waals surface area contributed by atoms with Gasteiger partial charge in [0, 0.05) is 18.6 Å². The van der Waals surface area contributed by atoms with Crippen molar-refractivity contribution in [1.82, 2.24) is 9.97 Å². The normalized spacial score (nSPS) is 7.79. The molecular weight excluding hydrogens is 219 g/mol. The average Bonchev–Trinajstić information content (AvgIpc) is 2.22. The van der Waals surface area contributed by atoms with Crippen LogP contribution in [0.1, 0.15) is 0 Å². The van der Waals surface area contributed by atoms with E-state index in [2.05, 4.69) is 9.97 Å². The molecule has 2 rings (SSSR count). The molecule has 2 aromatic rings. The topological polar surface area (TPSA) is 25.8 Å². The predicted molar refractivity (Wildman–Crippen MR) is 60.7 cm³/mol. The van der Waals surface area contributed by atoms with E-state index in [0.29, 0.717) is 5.15 Å². The molecule has 14 heavy (non-hydrogen) atoms. The Balaban J connectivity index is 0.000000227. The van der Waals surface area contributed by atoms with Gasteiger partial charge in [-0.05, 0) is 24.3 Å². The van der Waals surface area contributed by atoms with Crippen LogP contribution in [0.5, 0.6) is 0 Å². The lowest BCUT2D eigenvalue weighted by Gasteiger charge is -1.79. The summed E-state index contributed by atoms with van der Waals surface area (Å²) in [5.74, 6) is 0. The minimum atomic E-state index is 0. The van der Waals surface area contributed by atoms with Crippen LogP contribution in [0.15, 0.2) is 55.0 Å². The molecule has 2 aromatic heterocycles. The quantitative estimate of drug-likeness (QED) is 0.648. The van der Waals surface area contributed by atoms with Crippen LogP contribution >= 0.6 is 24.0 Å². The van der Waals surface area contributed by atoms with Gasteiger partial charge >= 0.3 is 0 Å². The van der Waals surface area contributed by atoms with E-state index in [1.54, 1.807) is 24.7 Å². The first-order chi connectivity index (χ1) is 6.39. The molecule has 0 radical (unpaired) electrons. The number of rotatable bonds is 0. The molecule has 0 atom stereocenters. The molecule has 0 bridgehead atoms. The van der Waals surface area contributed by atoms with Gasteiger partial charge in [-0.3, -0.25) is 4.98 Å². The average molecular weight is 229 g/mol. The zero-order valence-corrected chi connectivity index (χ0v) is 8.95. The van der Waals surface area contributed by atoms with Crippen LogP contribution in [-0.4, -0.2) is 9.97 Å². The molecule has 0 fully saturated rings. The standard InChI is InChI=1S/C5H4ClN.C5H5N.ClH/c6-5-3-1-2-4-7-5;1-2-4-6-5-3-1;/h1-4H;1-5H;1H. The molecule has 74 valence electrons. The number of halogens is 2. The molecule has 0 aromatic carbocycles. The summed E-state index contributed by atoms with van der Waals surface area (Å²) in [5.41, 5.74) is 0. The lowest BCUT2D eigenvalue weighted by atomic mass is 10.5. The van der Waals surface area contributed by atoms with Crippen molar-refractivity contribution >= 4 is 24.0 Å². The molecule has 0 saturated carbocycles. The summed E-state index contributed by atoms with van der Waals surface area (Å²) in [6.45, 7) is 0. The van der Waals surface area contributed by atoms with Gasteiger partial charge in [-0.2, -0.15) is 0 Å². The highest BCUT2D eigenvalue weighted by molar-refractivity contribution is 6.29. The highest BCUT2D eigenvalue weighted by atomic mass is 35.5. The van der Waals surface area contributed by atoms with Gasteiger partial charge in [0.2, 0.25) is 0 Å². The second kappa shape index (κ2) is 8.48. The molecule has 2 heterocycles. The number of hydrogen-bond donors (Lipinski definition) is 0. The third kappa shape index (κ3) is 6.40. The van der Waals surface area contributed by atoms with Crippen molar-refractivity contribution in [3.05, 3.63) is 60.1 Å². The molecule has 4 heteroatoms. The molecule has 0 spiro atoms. The smallest absolute Gasteiger partial charge is 0.129 e. The fourth-order valence-electron chi connectivity index (χ4n) is 0.655. The fraction of sp³-hybridized carbons (Fsp3) is 0. The maximum atomic E-state index is 5.43. The number of pyridine rings is 2. The molecule has 0 unspecified atom stereocenters. The zero-order valence-electron chi connectivity index (χ0n) is 7.38.